The molecule has 0 aliphatic rings. The number of benzene rings is 6. The molecule has 42 heavy (non-hydrogen) atoms. The van der Waals surface area contributed by atoms with Gasteiger partial charge in [-0.05, 0) is 75.8 Å². The lowest BCUT2D eigenvalue weighted by atomic mass is 9.97. The van der Waals surface area contributed by atoms with E-state index in [1.807, 2.05) is 115 Å². The quantitative estimate of drug-likeness (QED) is 0.220. The van der Waals surface area contributed by atoms with Crippen molar-refractivity contribution in [1.29, 1.82) is 0 Å². The molecule has 0 aliphatic carbocycles. The summed E-state index contributed by atoms with van der Waals surface area (Å²) in [5, 5.41) is 0.464. The Morgan fingerprint density at radius 3 is 1.36 bits per heavy atom. The van der Waals surface area contributed by atoms with Crippen LogP contribution in [0.5, 0.6) is 0 Å². The summed E-state index contributed by atoms with van der Waals surface area (Å²) in [4.78, 5) is 28.4. The molecule has 1 aromatic heterocycles. The number of aromatic nitrogens is 2. The predicted molar refractivity (Wildman–Crippen MR) is 171 cm³/mol. The summed E-state index contributed by atoms with van der Waals surface area (Å²) in [7, 11) is 0. The topological polar surface area (TPSA) is 44.0 Å². The Hall–Kier alpha value is -5.74. The average molecular weight is 543 g/mol. The lowest BCUT2D eigenvalue weighted by Gasteiger charge is -2.17. The highest BCUT2D eigenvalue weighted by Gasteiger charge is 2.18. The van der Waals surface area contributed by atoms with Crippen molar-refractivity contribution in [1.82, 2.24) is 9.13 Å². The molecule has 0 fully saturated rings. The minimum absolute atomic E-state index is 0.349. The first-order chi connectivity index (χ1) is 20.7. The van der Waals surface area contributed by atoms with Crippen molar-refractivity contribution in [3.8, 4) is 44.8 Å². The summed E-state index contributed by atoms with van der Waals surface area (Å²) in [5.41, 5.74) is 6.93. The second-order valence-electron chi connectivity index (χ2n) is 10.2. The van der Waals surface area contributed by atoms with E-state index in [0.717, 1.165) is 33.4 Å². The maximum atomic E-state index is 14.4. The molecule has 4 heteroatoms. The van der Waals surface area contributed by atoms with Gasteiger partial charge in [-0.3, -0.25) is 9.36 Å². The van der Waals surface area contributed by atoms with Gasteiger partial charge in [0.15, 0.2) is 0 Å². The minimum atomic E-state index is -0.421. The number of hydrogen-bond donors (Lipinski definition) is 0. The van der Waals surface area contributed by atoms with Gasteiger partial charge in [-0.15, -0.1) is 0 Å². The van der Waals surface area contributed by atoms with Crippen molar-refractivity contribution >= 4 is 10.9 Å². The lowest BCUT2D eigenvalue weighted by molar-refractivity contribution is 0.835. The SMILES string of the molecule is O=c1c2cc(-c3ccccc3)ccc2n(-c2cc(-c3ccccc3)cc(-c3ccccc3)c2)c(=O)n1-c1ccccc1. The molecule has 200 valence electrons. The van der Waals surface area contributed by atoms with E-state index >= 15 is 0 Å². The zero-order chi connectivity index (χ0) is 28.5. The Bertz CT molecular complexity index is 2090. The van der Waals surface area contributed by atoms with E-state index in [-0.39, 0.29) is 5.56 Å². The van der Waals surface area contributed by atoms with Crippen molar-refractivity contribution in [3.05, 3.63) is 179 Å². The van der Waals surface area contributed by atoms with Crippen molar-refractivity contribution < 1.29 is 0 Å². The Balaban J connectivity index is 1.57. The molecular formula is C38H26N2O2. The number of fused-ring (bicyclic) bond motifs is 1. The Morgan fingerprint density at radius 1 is 0.357 bits per heavy atom. The number of para-hydroxylation sites is 1. The van der Waals surface area contributed by atoms with Crippen LogP contribution in [0.15, 0.2) is 167 Å². The molecule has 1 heterocycles. The second-order valence-corrected chi connectivity index (χ2v) is 10.2. The van der Waals surface area contributed by atoms with Crippen LogP contribution in [0.1, 0.15) is 0 Å². The molecule has 0 radical (unpaired) electrons. The first-order valence-corrected chi connectivity index (χ1v) is 13.9. The van der Waals surface area contributed by atoms with Gasteiger partial charge in [-0.2, -0.15) is 0 Å². The minimum Gasteiger partial charge on any atom is -0.268 e. The van der Waals surface area contributed by atoms with Crippen molar-refractivity contribution in [2.75, 3.05) is 0 Å². The molecule has 0 unspecified atom stereocenters. The average Bonchev–Trinajstić information content (AvgIpc) is 3.06. The van der Waals surface area contributed by atoms with E-state index in [9.17, 15) is 9.59 Å². The molecule has 0 aliphatic heterocycles. The van der Waals surface area contributed by atoms with Gasteiger partial charge < -0.3 is 0 Å². The third kappa shape index (κ3) is 4.55. The summed E-state index contributed by atoms with van der Waals surface area (Å²) < 4.78 is 2.94. The van der Waals surface area contributed by atoms with Crippen LogP contribution in [0.2, 0.25) is 0 Å². The molecule has 0 bridgehead atoms. The summed E-state index contributed by atoms with van der Waals surface area (Å²) in [6.07, 6.45) is 0. The van der Waals surface area contributed by atoms with Crippen molar-refractivity contribution in [3.63, 3.8) is 0 Å². The molecule has 0 saturated carbocycles. The molecular weight excluding hydrogens is 516 g/mol. The molecule has 7 aromatic rings. The number of nitrogens with zero attached hydrogens (tertiary/aromatic N) is 2. The second kappa shape index (κ2) is 10.7. The fourth-order valence-electron chi connectivity index (χ4n) is 5.51. The first kappa shape index (κ1) is 25.2. The van der Waals surface area contributed by atoms with Crippen LogP contribution < -0.4 is 11.2 Å². The van der Waals surface area contributed by atoms with E-state index in [4.69, 9.17) is 0 Å². The maximum Gasteiger partial charge on any atom is 0.340 e. The third-order valence-corrected chi connectivity index (χ3v) is 7.57. The molecule has 6 aromatic carbocycles. The fraction of sp³-hybridized carbons (Fsp3) is 0. The standard InChI is InChI=1S/C38H26N2O2/c41-37-35-26-30(27-13-5-1-6-14-27)21-22-36(35)39(38(42)40(37)33-19-11-4-12-20-33)34-24-31(28-15-7-2-8-16-28)23-32(25-34)29-17-9-3-10-18-29/h1-26H. The van der Waals surface area contributed by atoms with Crippen molar-refractivity contribution in [2.45, 2.75) is 0 Å². The maximum absolute atomic E-state index is 14.4. The monoisotopic (exact) mass is 542 g/mol. The van der Waals surface area contributed by atoms with Gasteiger partial charge in [0.05, 0.1) is 22.3 Å². The van der Waals surface area contributed by atoms with Crippen molar-refractivity contribution in [2.24, 2.45) is 0 Å². The van der Waals surface area contributed by atoms with Gasteiger partial charge in [-0.1, -0.05) is 115 Å². The summed E-state index contributed by atoms with van der Waals surface area (Å²) in [6.45, 7) is 0. The van der Waals surface area contributed by atoms with Gasteiger partial charge >= 0.3 is 5.69 Å². The zero-order valence-electron chi connectivity index (χ0n) is 22.7. The van der Waals surface area contributed by atoms with Gasteiger partial charge in [0.25, 0.3) is 5.56 Å². The first-order valence-electron chi connectivity index (χ1n) is 13.9. The molecule has 0 spiro atoms. The number of hydrogen-bond acceptors (Lipinski definition) is 2. The lowest BCUT2D eigenvalue weighted by Crippen LogP contribution is -2.38. The van der Waals surface area contributed by atoms with E-state index in [2.05, 4.69) is 30.3 Å². The largest absolute Gasteiger partial charge is 0.340 e. The van der Waals surface area contributed by atoms with E-state index in [1.165, 1.54) is 4.57 Å². The van der Waals surface area contributed by atoms with Crippen LogP contribution in [0.4, 0.5) is 0 Å². The van der Waals surface area contributed by atoms with E-state index in [1.54, 1.807) is 16.7 Å². The van der Waals surface area contributed by atoms with Crippen LogP contribution in [0, 0.1) is 0 Å². The summed E-state index contributed by atoms with van der Waals surface area (Å²) >= 11 is 0. The molecule has 7 rings (SSSR count). The van der Waals surface area contributed by atoms with Crippen LogP contribution in [-0.4, -0.2) is 9.13 Å². The molecule has 0 N–H and O–H groups in total. The molecule has 0 atom stereocenters. The predicted octanol–water partition coefficient (Wildman–Crippen LogP) is 8.14. The van der Waals surface area contributed by atoms with Gasteiger partial charge in [0.1, 0.15) is 0 Å². The highest BCUT2D eigenvalue weighted by molar-refractivity contribution is 5.86. The smallest absolute Gasteiger partial charge is 0.268 e. The molecule has 0 saturated heterocycles. The molecule has 4 nitrogen and oxygen atoms in total. The normalized spacial score (nSPS) is 11.0. The van der Waals surface area contributed by atoms with Gasteiger partial charge in [0.2, 0.25) is 0 Å². The Morgan fingerprint density at radius 2 is 0.833 bits per heavy atom. The van der Waals surface area contributed by atoms with Crippen LogP contribution in [0.3, 0.4) is 0 Å². The van der Waals surface area contributed by atoms with Gasteiger partial charge in [0, 0.05) is 0 Å². The molecule has 0 amide bonds. The summed E-state index contributed by atoms with van der Waals surface area (Å²) in [5.74, 6) is 0. The Kier molecular flexibility index (Phi) is 6.42. The number of rotatable bonds is 5. The van der Waals surface area contributed by atoms with Crippen LogP contribution in [-0.2, 0) is 0 Å². The van der Waals surface area contributed by atoms with E-state index < -0.39 is 5.69 Å². The van der Waals surface area contributed by atoms with Gasteiger partial charge in [-0.25, -0.2) is 9.36 Å². The van der Waals surface area contributed by atoms with E-state index in [0.29, 0.717) is 22.3 Å². The Labute approximate surface area is 243 Å². The zero-order valence-corrected chi connectivity index (χ0v) is 22.7. The summed E-state index contributed by atoms with van der Waals surface area (Å²) in [6, 6.07) is 51.2. The van der Waals surface area contributed by atoms with Crippen LogP contribution in [0.25, 0.3) is 55.7 Å². The van der Waals surface area contributed by atoms with Crippen LogP contribution >= 0.6 is 0 Å². The highest BCUT2D eigenvalue weighted by atomic mass is 16.2. The third-order valence-electron chi connectivity index (χ3n) is 7.57. The highest BCUT2D eigenvalue weighted by Crippen LogP contribution is 2.31. The fourth-order valence-corrected chi connectivity index (χ4v) is 5.51.